The van der Waals surface area contributed by atoms with Crippen LogP contribution < -0.4 is 0 Å². The molecule has 0 radical (unpaired) electrons. The maximum absolute atomic E-state index is 5.47. The van der Waals surface area contributed by atoms with Crippen molar-refractivity contribution in [3.8, 4) is 0 Å². The van der Waals surface area contributed by atoms with Gasteiger partial charge in [-0.3, -0.25) is 9.80 Å². The number of methoxy groups -OCH3 is 2. The summed E-state index contributed by atoms with van der Waals surface area (Å²) in [5.41, 5.74) is 1.97. The van der Waals surface area contributed by atoms with Crippen LogP contribution in [-0.4, -0.2) is 69.5 Å². The van der Waals surface area contributed by atoms with Gasteiger partial charge in [-0.1, -0.05) is 0 Å². The van der Waals surface area contributed by atoms with Crippen molar-refractivity contribution >= 4 is 11.3 Å². The van der Waals surface area contributed by atoms with Gasteiger partial charge in [-0.25, -0.2) is 0 Å². The Morgan fingerprint density at radius 2 is 2.09 bits per heavy atom. The van der Waals surface area contributed by atoms with Crippen molar-refractivity contribution in [2.45, 2.75) is 31.8 Å². The van der Waals surface area contributed by atoms with E-state index >= 15 is 0 Å². The summed E-state index contributed by atoms with van der Waals surface area (Å²) < 4.78 is 10.8. The van der Waals surface area contributed by atoms with E-state index in [1.807, 2.05) is 7.11 Å². The number of ether oxygens (including phenoxy) is 2. The lowest BCUT2D eigenvalue weighted by Gasteiger charge is -2.39. The molecule has 130 valence electrons. The fraction of sp³-hybridized carbons (Fsp3) is 0.778. The highest BCUT2D eigenvalue weighted by Crippen LogP contribution is 2.43. The average Bonchev–Trinajstić information content (AvgIpc) is 3.17. The van der Waals surface area contributed by atoms with Gasteiger partial charge in [0.1, 0.15) is 0 Å². The van der Waals surface area contributed by atoms with Gasteiger partial charge in [-0.2, -0.15) is 11.3 Å². The van der Waals surface area contributed by atoms with E-state index in [2.05, 4.69) is 26.6 Å². The van der Waals surface area contributed by atoms with Crippen molar-refractivity contribution in [2.75, 3.05) is 53.6 Å². The minimum absolute atomic E-state index is 0.502. The molecular weight excluding hydrogens is 308 g/mol. The summed E-state index contributed by atoms with van der Waals surface area (Å²) in [6.45, 7) is 7.50. The van der Waals surface area contributed by atoms with Crippen LogP contribution in [0.15, 0.2) is 16.8 Å². The first-order chi connectivity index (χ1) is 11.2. The number of rotatable bonds is 7. The van der Waals surface area contributed by atoms with Crippen LogP contribution in [0.1, 0.15) is 24.8 Å². The molecule has 0 amide bonds. The number of hydrogen-bond acceptors (Lipinski definition) is 5. The fourth-order valence-electron chi connectivity index (χ4n) is 4.27. The predicted octanol–water partition coefficient (Wildman–Crippen LogP) is 2.70. The molecule has 0 bridgehead atoms. The number of hydrogen-bond donors (Lipinski definition) is 0. The summed E-state index contributed by atoms with van der Waals surface area (Å²) in [6.07, 6.45) is 3.93. The van der Waals surface area contributed by atoms with Crippen molar-refractivity contribution < 1.29 is 9.47 Å². The molecule has 0 aliphatic carbocycles. The molecule has 0 aromatic carbocycles. The lowest BCUT2D eigenvalue weighted by molar-refractivity contribution is 0.0858. The lowest BCUT2D eigenvalue weighted by atomic mass is 9.76. The van der Waals surface area contributed by atoms with E-state index in [0.29, 0.717) is 11.5 Å². The second-order valence-corrected chi connectivity index (χ2v) is 7.96. The number of nitrogens with zero attached hydrogens (tertiary/aromatic N) is 2. The van der Waals surface area contributed by atoms with Crippen LogP contribution in [0.5, 0.6) is 0 Å². The van der Waals surface area contributed by atoms with Gasteiger partial charge in [-0.15, -0.1) is 0 Å². The van der Waals surface area contributed by atoms with E-state index in [0.717, 1.165) is 26.3 Å². The van der Waals surface area contributed by atoms with E-state index in [9.17, 15) is 0 Å². The molecule has 1 atom stereocenters. The SMILES string of the molecule is COCCN1CC2(CCN(Cc3ccsc3)CC2)C[C@H]1COC. The van der Waals surface area contributed by atoms with Crippen LogP contribution in [0.25, 0.3) is 0 Å². The second-order valence-electron chi connectivity index (χ2n) is 7.18. The van der Waals surface area contributed by atoms with Gasteiger partial charge in [0.2, 0.25) is 0 Å². The zero-order valence-electron chi connectivity index (χ0n) is 14.5. The molecule has 0 N–H and O–H groups in total. The molecule has 0 unspecified atom stereocenters. The summed E-state index contributed by atoms with van der Waals surface area (Å²) in [4.78, 5) is 5.22. The standard InChI is InChI=1S/C18H30N2O2S/c1-21-9-8-20-15-18(11-17(20)13-22-2)4-6-19(7-5-18)12-16-3-10-23-14-16/h3,10,14,17H,4-9,11-13,15H2,1-2H3/t17-/m0/s1. The molecule has 3 heterocycles. The van der Waals surface area contributed by atoms with Crippen molar-refractivity contribution in [3.63, 3.8) is 0 Å². The molecular formula is C18H30N2O2S. The van der Waals surface area contributed by atoms with Crippen LogP contribution in [0, 0.1) is 5.41 Å². The number of piperidine rings is 1. The van der Waals surface area contributed by atoms with Crippen molar-refractivity contribution in [1.82, 2.24) is 9.80 Å². The quantitative estimate of drug-likeness (QED) is 0.763. The van der Waals surface area contributed by atoms with Crippen LogP contribution in [0.2, 0.25) is 0 Å². The van der Waals surface area contributed by atoms with Gasteiger partial charge in [0.05, 0.1) is 13.2 Å². The highest BCUT2D eigenvalue weighted by atomic mass is 32.1. The normalized spacial score (nSPS) is 25.4. The van der Waals surface area contributed by atoms with Crippen LogP contribution in [0.3, 0.4) is 0 Å². The topological polar surface area (TPSA) is 24.9 Å². The molecule has 0 saturated carbocycles. The molecule has 2 saturated heterocycles. The summed E-state index contributed by atoms with van der Waals surface area (Å²) in [7, 11) is 3.61. The minimum atomic E-state index is 0.502. The predicted molar refractivity (Wildman–Crippen MR) is 95.0 cm³/mol. The maximum atomic E-state index is 5.47. The molecule has 2 aliphatic rings. The monoisotopic (exact) mass is 338 g/mol. The van der Waals surface area contributed by atoms with Gasteiger partial charge in [0.15, 0.2) is 0 Å². The van der Waals surface area contributed by atoms with Crippen molar-refractivity contribution in [3.05, 3.63) is 22.4 Å². The average molecular weight is 339 g/mol. The molecule has 1 aromatic heterocycles. The van der Waals surface area contributed by atoms with Crippen molar-refractivity contribution in [1.29, 1.82) is 0 Å². The van der Waals surface area contributed by atoms with Crippen LogP contribution in [0.4, 0.5) is 0 Å². The molecule has 5 heteroatoms. The molecule has 2 fully saturated rings. The van der Waals surface area contributed by atoms with Gasteiger partial charge < -0.3 is 9.47 Å². The first-order valence-corrected chi connectivity index (χ1v) is 9.64. The highest BCUT2D eigenvalue weighted by molar-refractivity contribution is 7.07. The van der Waals surface area contributed by atoms with E-state index in [4.69, 9.17) is 9.47 Å². The van der Waals surface area contributed by atoms with E-state index in [1.54, 1.807) is 18.4 Å². The third-order valence-electron chi connectivity index (χ3n) is 5.57. The second kappa shape index (κ2) is 8.08. The highest BCUT2D eigenvalue weighted by Gasteiger charge is 2.45. The molecule has 4 nitrogen and oxygen atoms in total. The summed E-state index contributed by atoms with van der Waals surface area (Å²) in [6, 6.07) is 2.82. The Balaban J connectivity index is 1.54. The molecule has 3 rings (SSSR count). The Labute approximate surface area is 144 Å². The Hall–Kier alpha value is -0.460. The summed E-state index contributed by atoms with van der Waals surface area (Å²) >= 11 is 1.80. The maximum Gasteiger partial charge on any atom is 0.0618 e. The largest absolute Gasteiger partial charge is 0.383 e. The van der Waals surface area contributed by atoms with Crippen molar-refractivity contribution in [2.24, 2.45) is 5.41 Å². The first-order valence-electron chi connectivity index (χ1n) is 8.70. The smallest absolute Gasteiger partial charge is 0.0618 e. The Morgan fingerprint density at radius 3 is 2.74 bits per heavy atom. The number of likely N-dealkylation sites (tertiary alicyclic amines) is 2. The van der Waals surface area contributed by atoms with Gasteiger partial charge in [-0.05, 0) is 60.2 Å². The summed E-state index contributed by atoms with van der Waals surface area (Å²) in [5.74, 6) is 0. The molecule has 1 spiro atoms. The lowest BCUT2D eigenvalue weighted by Crippen LogP contribution is -2.41. The first kappa shape index (κ1) is 17.4. The molecule has 1 aromatic rings. The Morgan fingerprint density at radius 1 is 1.26 bits per heavy atom. The fourth-order valence-corrected chi connectivity index (χ4v) is 4.93. The summed E-state index contributed by atoms with van der Waals surface area (Å²) in [5, 5.41) is 4.46. The number of thiophene rings is 1. The third-order valence-corrected chi connectivity index (χ3v) is 6.30. The van der Waals surface area contributed by atoms with Gasteiger partial charge in [0, 0.05) is 39.9 Å². The van der Waals surface area contributed by atoms with Gasteiger partial charge >= 0.3 is 0 Å². The Kier molecular flexibility index (Phi) is 6.10. The minimum Gasteiger partial charge on any atom is -0.383 e. The van der Waals surface area contributed by atoms with Crippen LogP contribution in [-0.2, 0) is 16.0 Å². The molecule has 2 aliphatic heterocycles. The third kappa shape index (κ3) is 4.34. The zero-order chi connectivity index (χ0) is 16.1. The van der Waals surface area contributed by atoms with Gasteiger partial charge in [0.25, 0.3) is 0 Å². The zero-order valence-corrected chi connectivity index (χ0v) is 15.3. The van der Waals surface area contributed by atoms with E-state index in [1.165, 1.54) is 44.5 Å². The molecule has 23 heavy (non-hydrogen) atoms. The van der Waals surface area contributed by atoms with Crippen LogP contribution >= 0.6 is 11.3 Å². The van der Waals surface area contributed by atoms with E-state index < -0.39 is 0 Å². The Bertz CT molecular complexity index is 458. The van der Waals surface area contributed by atoms with E-state index in [-0.39, 0.29) is 0 Å².